The fraction of sp³-hybridized carbons (Fsp3) is 0.600. The van der Waals surface area contributed by atoms with Gasteiger partial charge < -0.3 is 14.6 Å². The number of hydrogen-bond acceptors (Lipinski definition) is 3. The van der Waals surface area contributed by atoms with Crippen LogP contribution in [-0.4, -0.2) is 18.3 Å². The van der Waals surface area contributed by atoms with E-state index >= 15 is 0 Å². The molecule has 0 unspecified atom stereocenters. The highest BCUT2D eigenvalue weighted by Gasteiger charge is 2.26. The third-order valence-electron chi connectivity index (χ3n) is 3.42. The van der Waals surface area contributed by atoms with Crippen molar-refractivity contribution in [3.8, 4) is 11.5 Å². The zero-order valence-electron chi connectivity index (χ0n) is 11.5. The van der Waals surface area contributed by atoms with Gasteiger partial charge in [-0.1, -0.05) is 18.0 Å². The third kappa shape index (κ3) is 2.98. The van der Waals surface area contributed by atoms with Gasteiger partial charge in [0.1, 0.15) is 0 Å². The van der Waals surface area contributed by atoms with Gasteiger partial charge in [-0.25, -0.2) is 0 Å². The maximum absolute atomic E-state index is 10.4. The molecule has 0 bridgehead atoms. The van der Waals surface area contributed by atoms with Crippen LogP contribution in [0, 0.1) is 0 Å². The first-order valence-electron chi connectivity index (χ1n) is 6.97. The molecule has 4 heteroatoms. The van der Waals surface area contributed by atoms with Crippen LogP contribution in [0.3, 0.4) is 0 Å². The van der Waals surface area contributed by atoms with E-state index in [4.69, 9.17) is 21.1 Å². The Morgan fingerprint density at radius 1 is 1.26 bits per heavy atom. The first kappa shape index (κ1) is 14.5. The van der Waals surface area contributed by atoms with Crippen molar-refractivity contribution in [2.75, 3.05) is 13.2 Å². The summed E-state index contributed by atoms with van der Waals surface area (Å²) in [6, 6.07) is 1.81. The highest BCUT2D eigenvalue weighted by atomic mass is 35.5. The number of aliphatic hydroxyl groups excluding tert-OH is 1. The Morgan fingerprint density at radius 2 is 2.00 bits per heavy atom. The number of fused-ring (bicyclic) bond motifs is 1. The molecule has 0 radical (unpaired) electrons. The highest BCUT2D eigenvalue weighted by molar-refractivity contribution is 6.31. The van der Waals surface area contributed by atoms with Gasteiger partial charge in [-0.05, 0) is 38.7 Å². The van der Waals surface area contributed by atoms with Crippen LogP contribution in [0.15, 0.2) is 6.07 Å². The van der Waals surface area contributed by atoms with Crippen LogP contribution < -0.4 is 9.47 Å². The number of hydrogen-bond donors (Lipinski definition) is 1. The Labute approximate surface area is 119 Å². The van der Waals surface area contributed by atoms with Gasteiger partial charge in [0.25, 0.3) is 0 Å². The lowest BCUT2D eigenvalue weighted by Gasteiger charge is -2.21. The molecule has 3 nitrogen and oxygen atoms in total. The summed E-state index contributed by atoms with van der Waals surface area (Å²) in [7, 11) is 0. The van der Waals surface area contributed by atoms with E-state index in [0.717, 1.165) is 36.8 Å². The minimum absolute atomic E-state index is 0.517. The molecule has 19 heavy (non-hydrogen) atoms. The molecule has 0 heterocycles. The molecule has 0 fully saturated rings. The van der Waals surface area contributed by atoms with Crippen LogP contribution >= 0.6 is 11.6 Å². The smallest absolute Gasteiger partial charge is 0.167 e. The van der Waals surface area contributed by atoms with Gasteiger partial charge in [-0.2, -0.15) is 0 Å². The number of rotatable bonds is 4. The fourth-order valence-electron chi connectivity index (χ4n) is 2.61. The van der Waals surface area contributed by atoms with Gasteiger partial charge in [-0.15, -0.1) is 0 Å². The third-order valence-corrected chi connectivity index (χ3v) is 3.75. The van der Waals surface area contributed by atoms with Crippen LogP contribution in [0.5, 0.6) is 11.5 Å². The molecule has 0 spiro atoms. The Bertz CT molecular complexity index is 446. The maximum Gasteiger partial charge on any atom is 0.167 e. The van der Waals surface area contributed by atoms with E-state index in [0.29, 0.717) is 29.7 Å². The van der Waals surface area contributed by atoms with Gasteiger partial charge in [0.2, 0.25) is 0 Å². The molecular formula is C15H21ClO3. The fourth-order valence-corrected chi connectivity index (χ4v) is 2.91. The Balaban J connectivity index is 2.58. The van der Waals surface area contributed by atoms with Crippen LogP contribution in [0.4, 0.5) is 0 Å². The monoisotopic (exact) mass is 284 g/mol. The summed E-state index contributed by atoms with van der Waals surface area (Å²) in [5.74, 6) is 1.30. The van der Waals surface area contributed by atoms with E-state index in [9.17, 15) is 5.11 Å². The number of halogens is 1. The molecule has 1 aliphatic rings. The SMILES string of the molecule is CCOc1cc(Cl)c2c(c1OCC)[C@@H](O)CCCC2. The van der Waals surface area contributed by atoms with Crippen molar-refractivity contribution in [3.05, 3.63) is 22.2 Å². The molecule has 1 N–H and O–H groups in total. The van der Waals surface area contributed by atoms with E-state index in [-0.39, 0.29) is 0 Å². The van der Waals surface area contributed by atoms with Crippen molar-refractivity contribution in [2.45, 2.75) is 45.6 Å². The van der Waals surface area contributed by atoms with E-state index in [1.807, 2.05) is 19.9 Å². The summed E-state index contributed by atoms with van der Waals surface area (Å²) < 4.78 is 11.3. The van der Waals surface area contributed by atoms with E-state index < -0.39 is 6.10 Å². The molecule has 0 amide bonds. The van der Waals surface area contributed by atoms with Gasteiger partial charge in [-0.3, -0.25) is 0 Å². The minimum Gasteiger partial charge on any atom is -0.490 e. The largest absolute Gasteiger partial charge is 0.490 e. The molecule has 1 atom stereocenters. The summed E-state index contributed by atoms with van der Waals surface area (Å²) in [5, 5.41) is 11.0. The molecule has 1 aromatic rings. The van der Waals surface area contributed by atoms with Gasteiger partial charge in [0.05, 0.1) is 19.3 Å². The minimum atomic E-state index is -0.517. The van der Waals surface area contributed by atoms with Gasteiger partial charge in [0, 0.05) is 16.7 Å². The second-order valence-electron chi connectivity index (χ2n) is 4.71. The highest BCUT2D eigenvalue weighted by Crippen LogP contribution is 2.45. The Hall–Kier alpha value is -0.930. The molecule has 0 saturated carbocycles. The molecule has 2 rings (SSSR count). The second-order valence-corrected chi connectivity index (χ2v) is 5.11. The first-order chi connectivity index (χ1) is 9.19. The summed E-state index contributed by atoms with van der Waals surface area (Å²) in [6.45, 7) is 4.94. The summed E-state index contributed by atoms with van der Waals surface area (Å²) in [6.07, 6.45) is 3.17. The molecule has 0 saturated heterocycles. The van der Waals surface area contributed by atoms with E-state index in [1.54, 1.807) is 0 Å². The quantitative estimate of drug-likeness (QED) is 0.852. The van der Waals surface area contributed by atoms with Gasteiger partial charge >= 0.3 is 0 Å². The maximum atomic E-state index is 10.4. The van der Waals surface area contributed by atoms with Crippen molar-refractivity contribution >= 4 is 11.6 Å². The lowest BCUT2D eigenvalue weighted by molar-refractivity contribution is 0.159. The summed E-state index contributed by atoms with van der Waals surface area (Å²) >= 11 is 6.35. The van der Waals surface area contributed by atoms with E-state index in [2.05, 4.69) is 0 Å². The van der Waals surface area contributed by atoms with Crippen molar-refractivity contribution in [2.24, 2.45) is 0 Å². The zero-order chi connectivity index (χ0) is 13.8. The predicted molar refractivity (Wildman–Crippen MR) is 76.3 cm³/mol. The standard InChI is InChI=1S/C15H21ClO3/c1-3-18-13-9-11(16)10-7-5-6-8-12(17)14(10)15(13)19-4-2/h9,12,17H,3-8H2,1-2H3/t12-/m0/s1. The molecule has 106 valence electrons. The number of aliphatic hydroxyl groups is 1. The normalized spacial score (nSPS) is 18.6. The van der Waals surface area contributed by atoms with Crippen molar-refractivity contribution in [1.29, 1.82) is 0 Å². The average Bonchev–Trinajstić information content (AvgIpc) is 2.57. The average molecular weight is 285 g/mol. The first-order valence-corrected chi connectivity index (χ1v) is 7.35. The topological polar surface area (TPSA) is 38.7 Å². The summed E-state index contributed by atoms with van der Waals surface area (Å²) in [4.78, 5) is 0. The van der Waals surface area contributed by atoms with Crippen LogP contribution in [0.1, 0.15) is 50.3 Å². The lowest BCUT2D eigenvalue weighted by atomic mass is 9.99. The van der Waals surface area contributed by atoms with Crippen molar-refractivity contribution < 1.29 is 14.6 Å². The Morgan fingerprint density at radius 3 is 2.68 bits per heavy atom. The van der Waals surface area contributed by atoms with Crippen LogP contribution in [0.2, 0.25) is 5.02 Å². The number of benzene rings is 1. The second kappa shape index (κ2) is 6.49. The van der Waals surface area contributed by atoms with Gasteiger partial charge in [0.15, 0.2) is 11.5 Å². The molecular weight excluding hydrogens is 264 g/mol. The molecule has 0 aromatic heterocycles. The zero-order valence-corrected chi connectivity index (χ0v) is 12.3. The van der Waals surface area contributed by atoms with Crippen molar-refractivity contribution in [1.82, 2.24) is 0 Å². The van der Waals surface area contributed by atoms with Crippen LogP contribution in [-0.2, 0) is 6.42 Å². The molecule has 0 aliphatic heterocycles. The number of ether oxygens (including phenoxy) is 2. The molecule has 1 aromatic carbocycles. The Kier molecular flexibility index (Phi) is 4.94. The van der Waals surface area contributed by atoms with Crippen molar-refractivity contribution in [3.63, 3.8) is 0 Å². The predicted octanol–water partition coefficient (Wildman–Crippen LogP) is 3.90. The van der Waals surface area contributed by atoms with E-state index in [1.165, 1.54) is 0 Å². The van der Waals surface area contributed by atoms with Crippen LogP contribution in [0.25, 0.3) is 0 Å². The summed E-state index contributed by atoms with van der Waals surface area (Å²) in [5.41, 5.74) is 1.84. The molecule has 1 aliphatic carbocycles. The lowest BCUT2D eigenvalue weighted by Crippen LogP contribution is -2.08.